The molecule has 0 bridgehead atoms. The monoisotopic (exact) mass is 347 g/mol. The number of rotatable bonds is 1. The Morgan fingerprint density at radius 1 is 1.32 bits per heavy atom. The highest BCUT2D eigenvalue weighted by Crippen LogP contribution is 2.31. The van der Waals surface area contributed by atoms with Gasteiger partial charge >= 0.3 is 0 Å². The number of halogens is 2. The van der Waals surface area contributed by atoms with Crippen molar-refractivity contribution in [2.75, 3.05) is 6.54 Å². The highest BCUT2D eigenvalue weighted by molar-refractivity contribution is 5.94. The molecule has 2 aliphatic rings. The molecule has 1 N–H and O–H groups in total. The van der Waals surface area contributed by atoms with Crippen LogP contribution in [-0.2, 0) is 24.1 Å². The minimum Gasteiger partial charge on any atom is -0.369 e. The van der Waals surface area contributed by atoms with Gasteiger partial charge in [0.25, 0.3) is 5.91 Å². The van der Waals surface area contributed by atoms with Crippen molar-refractivity contribution in [1.82, 2.24) is 15.1 Å². The molecule has 1 aromatic carbocycles. The van der Waals surface area contributed by atoms with Crippen molar-refractivity contribution in [3.63, 3.8) is 0 Å². The van der Waals surface area contributed by atoms with Crippen LogP contribution in [0.2, 0.25) is 0 Å². The third kappa shape index (κ3) is 2.72. The summed E-state index contributed by atoms with van der Waals surface area (Å²) < 4.78 is 33.2. The summed E-state index contributed by atoms with van der Waals surface area (Å²) in [7, 11) is 0. The Kier molecular flexibility index (Phi) is 3.83. The molecule has 0 radical (unpaired) electrons. The minimum atomic E-state index is -0.604. The fourth-order valence-electron chi connectivity index (χ4n) is 3.76. The topological polar surface area (TPSA) is 58.2 Å². The SMILES string of the molecule is C[C@@H]1Cc2c(C(=O)N3CCc4cc(F)cc(F)c4C3)n[nH]c2[C@H](C)O1. The van der Waals surface area contributed by atoms with Gasteiger partial charge < -0.3 is 9.64 Å². The van der Waals surface area contributed by atoms with Gasteiger partial charge in [0.2, 0.25) is 0 Å². The van der Waals surface area contributed by atoms with Crippen molar-refractivity contribution in [2.45, 2.75) is 45.4 Å². The number of benzene rings is 1. The van der Waals surface area contributed by atoms with E-state index in [9.17, 15) is 13.6 Å². The maximum Gasteiger partial charge on any atom is 0.274 e. The van der Waals surface area contributed by atoms with Crippen LogP contribution in [0.1, 0.15) is 52.8 Å². The average Bonchev–Trinajstić information content (AvgIpc) is 2.97. The van der Waals surface area contributed by atoms with Crippen LogP contribution in [0.15, 0.2) is 12.1 Å². The molecule has 0 spiro atoms. The molecule has 3 heterocycles. The van der Waals surface area contributed by atoms with Gasteiger partial charge in [-0.05, 0) is 31.9 Å². The summed E-state index contributed by atoms with van der Waals surface area (Å²) in [6.45, 7) is 4.42. The van der Waals surface area contributed by atoms with Gasteiger partial charge in [-0.2, -0.15) is 5.10 Å². The fourth-order valence-corrected chi connectivity index (χ4v) is 3.76. The molecule has 1 aromatic heterocycles. The Bertz CT molecular complexity index is 849. The minimum absolute atomic E-state index is 0.00847. The van der Waals surface area contributed by atoms with E-state index in [-0.39, 0.29) is 24.7 Å². The highest BCUT2D eigenvalue weighted by atomic mass is 19.1. The predicted molar refractivity (Wildman–Crippen MR) is 86.1 cm³/mol. The molecule has 0 fully saturated rings. The molecular formula is C18H19F2N3O2. The zero-order chi connectivity index (χ0) is 17.7. The number of fused-ring (bicyclic) bond motifs is 2. The molecule has 0 unspecified atom stereocenters. The largest absolute Gasteiger partial charge is 0.369 e. The van der Waals surface area contributed by atoms with Crippen LogP contribution >= 0.6 is 0 Å². The van der Waals surface area contributed by atoms with Gasteiger partial charge in [-0.3, -0.25) is 9.89 Å². The third-order valence-corrected chi connectivity index (χ3v) is 4.98. The van der Waals surface area contributed by atoms with Crippen LogP contribution in [0.5, 0.6) is 0 Å². The third-order valence-electron chi connectivity index (χ3n) is 4.98. The van der Waals surface area contributed by atoms with Gasteiger partial charge in [0.15, 0.2) is 5.69 Å². The van der Waals surface area contributed by atoms with Gasteiger partial charge in [0, 0.05) is 36.7 Å². The molecule has 1 amide bonds. The number of amides is 1. The van der Waals surface area contributed by atoms with Crippen LogP contribution in [0.3, 0.4) is 0 Å². The highest BCUT2D eigenvalue weighted by Gasteiger charge is 2.33. The van der Waals surface area contributed by atoms with Crippen LogP contribution in [-0.4, -0.2) is 33.7 Å². The second-order valence-electron chi connectivity index (χ2n) is 6.76. The first kappa shape index (κ1) is 16.2. The summed E-state index contributed by atoms with van der Waals surface area (Å²) in [5.41, 5.74) is 3.09. The van der Waals surface area contributed by atoms with Crippen LogP contribution in [0.4, 0.5) is 8.78 Å². The molecule has 7 heteroatoms. The van der Waals surface area contributed by atoms with Crippen molar-refractivity contribution in [3.05, 3.63) is 51.8 Å². The zero-order valence-electron chi connectivity index (χ0n) is 14.1. The van der Waals surface area contributed by atoms with Crippen molar-refractivity contribution in [1.29, 1.82) is 0 Å². The van der Waals surface area contributed by atoms with E-state index in [1.54, 1.807) is 4.90 Å². The standard InChI is InChI=1S/C18H19F2N3O2/c1-9-5-13-16(10(2)25-9)21-22-17(13)18(24)23-4-3-11-6-12(19)7-15(20)14(11)8-23/h6-7,9-10H,3-5,8H2,1-2H3,(H,21,22)/t9-,10+/m1/s1. The number of nitrogens with zero attached hydrogens (tertiary/aromatic N) is 2. The molecule has 2 aliphatic heterocycles. The van der Waals surface area contributed by atoms with Crippen molar-refractivity contribution < 1.29 is 18.3 Å². The van der Waals surface area contributed by atoms with Gasteiger partial charge in [-0.1, -0.05) is 0 Å². The van der Waals surface area contributed by atoms with Gasteiger partial charge in [-0.15, -0.1) is 0 Å². The number of aromatic nitrogens is 2. The van der Waals surface area contributed by atoms with E-state index in [0.29, 0.717) is 36.2 Å². The first-order chi connectivity index (χ1) is 11.9. The molecular weight excluding hydrogens is 328 g/mol. The van der Waals surface area contributed by atoms with E-state index in [0.717, 1.165) is 17.3 Å². The Hall–Kier alpha value is -2.28. The number of hydrogen-bond donors (Lipinski definition) is 1. The predicted octanol–water partition coefficient (Wildman–Crippen LogP) is 2.91. The molecule has 25 heavy (non-hydrogen) atoms. The summed E-state index contributed by atoms with van der Waals surface area (Å²) in [5, 5.41) is 7.11. The number of nitrogens with one attached hydrogen (secondary N) is 1. The molecule has 2 aromatic rings. The lowest BCUT2D eigenvalue weighted by atomic mass is 9.97. The Labute approximate surface area is 144 Å². The maximum absolute atomic E-state index is 14.1. The Balaban J connectivity index is 1.63. The Morgan fingerprint density at radius 3 is 2.92 bits per heavy atom. The average molecular weight is 347 g/mol. The molecule has 0 saturated heterocycles. The lowest BCUT2D eigenvalue weighted by Gasteiger charge is -2.30. The quantitative estimate of drug-likeness (QED) is 0.863. The molecule has 4 rings (SSSR count). The van der Waals surface area contributed by atoms with E-state index in [4.69, 9.17) is 4.74 Å². The summed E-state index contributed by atoms with van der Waals surface area (Å²) in [6, 6.07) is 2.21. The van der Waals surface area contributed by atoms with E-state index in [1.165, 1.54) is 6.07 Å². The zero-order valence-corrected chi connectivity index (χ0v) is 14.1. The molecule has 0 saturated carbocycles. The second-order valence-corrected chi connectivity index (χ2v) is 6.76. The number of ether oxygens (including phenoxy) is 1. The number of carbonyl (C=O) groups excluding carboxylic acids is 1. The molecule has 0 aliphatic carbocycles. The number of carbonyl (C=O) groups is 1. The van der Waals surface area contributed by atoms with Gasteiger partial charge in [0.05, 0.1) is 17.9 Å². The van der Waals surface area contributed by atoms with E-state index in [1.807, 2.05) is 13.8 Å². The fraction of sp³-hybridized carbons (Fsp3) is 0.444. The second kappa shape index (κ2) is 5.91. The lowest BCUT2D eigenvalue weighted by Crippen LogP contribution is -2.37. The first-order valence-electron chi connectivity index (χ1n) is 8.42. The van der Waals surface area contributed by atoms with Crippen LogP contribution in [0.25, 0.3) is 0 Å². The summed E-state index contributed by atoms with van der Waals surface area (Å²) >= 11 is 0. The summed E-state index contributed by atoms with van der Waals surface area (Å²) in [4.78, 5) is 14.5. The van der Waals surface area contributed by atoms with E-state index >= 15 is 0 Å². The van der Waals surface area contributed by atoms with Crippen LogP contribution in [0, 0.1) is 11.6 Å². The first-order valence-corrected chi connectivity index (χ1v) is 8.42. The number of aromatic amines is 1. The van der Waals surface area contributed by atoms with Crippen molar-refractivity contribution >= 4 is 5.91 Å². The smallest absolute Gasteiger partial charge is 0.274 e. The number of hydrogen-bond acceptors (Lipinski definition) is 3. The maximum atomic E-state index is 14.1. The lowest BCUT2D eigenvalue weighted by molar-refractivity contribution is -0.00702. The van der Waals surface area contributed by atoms with E-state index < -0.39 is 11.6 Å². The van der Waals surface area contributed by atoms with Gasteiger partial charge in [-0.25, -0.2) is 8.78 Å². The summed E-state index contributed by atoms with van der Waals surface area (Å²) in [5.74, 6) is -1.42. The molecule has 2 atom stereocenters. The van der Waals surface area contributed by atoms with Gasteiger partial charge in [0.1, 0.15) is 11.6 Å². The van der Waals surface area contributed by atoms with Crippen molar-refractivity contribution in [2.24, 2.45) is 0 Å². The number of H-pyrrole nitrogens is 1. The summed E-state index contributed by atoms with van der Waals surface area (Å²) in [6.07, 6.45) is 0.906. The van der Waals surface area contributed by atoms with E-state index in [2.05, 4.69) is 10.2 Å². The van der Waals surface area contributed by atoms with Crippen LogP contribution < -0.4 is 0 Å². The molecule has 5 nitrogen and oxygen atoms in total. The Morgan fingerprint density at radius 2 is 2.12 bits per heavy atom. The molecule has 132 valence electrons. The normalized spacial score (nSPS) is 22.5. The van der Waals surface area contributed by atoms with Crippen molar-refractivity contribution in [3.8, 4) is 0 Å².